The predicted molar refractivity (Wildman–Crippen MR) is 61.7 cm³/mol. The van der Waals surface area contributed by atoms with Crippen molar-refractivity contribution in [1.82, 2.24) is 15.6 Å². The second-order valence-electron chi connectivity index (χ2n) is 4.33. The third-order valence-electron chi connectivity index (χ3n) is 1.56. The molecule has 1 aromatic rings. The molecular weight excluding hydrogens is 210 g/mol. The second kappa shape index (κ2) is 5.23. The Kier molecular flexibility index (Phi) is 4.23. The average molecular weight is 227 g/mol. The van der Waals surface area contributed by atoms with E-state index in [1.165, 1.54) is 0 Å². The Morgan fingerprint density at radius 3 is 2.80 bits per heavy atom. The highest BCUT2D eigenvalue weighted by Crippen LogP contribution is 2.02. The molecule has 4 nitrogen and oxygen atoms in total. The van der Waals surface area contributed by atoms with Crippen LogP contribution in [0, 0.1) is 0 Å². The summed E-state index contributed by atoms with van der Waals surface area (Å²) < 4.78 is 0. The molecule has 1 amide bonds. The van der Waals surface area contributed by atoms with E-state index in [-0.39, 0.29) is 11.4 Å². The number of amides is 1. The zero-order valence-electron chi connectivity index (χ0n) is 9.33. The van der Waals surface area contributed by atoms with Crippen molar-refractivity contribution >= 4 is 17.2 Å². The van der Waals surface area contributed by atoms with Gasteiger partial charge >= 0.3 is 0 Å². The fourth-order valence-electron chi connectivity index (χ4n) is 1.09. The molecule has 0 bridgehead atoms. The van der Waals surface area contributed by atoms with Crippen LogP contribution in [0.3, 0.4) is 0 Å². The Morgan fingerprint density at radius 1 is 1.53 bits per heavy atom. The minimum absolute atomic E-state index is 0.0130. The molecule has 15 heavy (non-hydrogen) atoms. The maximum Gasteiger partial charge on any atom is 0.234 e. The lowest BCUT2D eigenvalue weighted by Crippen LogP contribution is -2.44. The number of thiazole rings is 1. The summed E-state index contributed by atoms with van der Waals surface area (Å²) in [5, 5.41) is 8.85. The van der Waals surface area contributed by atoms with Gasteiger partial charge in [0.1, 0.15) is 5.01 Å². The molecule has 0 fully saturated rings. The lowest BCUT2D eigenvalue weighted by molar-refractivity contribution is -0.121. The first-order valence-corrected chi connectivity index (χ1v) is 5.75. The number of hydrogen-bond acceptors (Lipinski definition) is 4. The van der Waals surface area contributed by atoms with E-state index in [4.69, 9.17) is 0 Å². The van der Waals surface area contributed by atoms with Crippen LogP contribution in [-0.4, -0.2) is 23.0 Å². The summed E-state index contributed by atoms with van der Waals surface area (Å²) in [5.74, 6) is 0.0130. The fourth-order valence-corrected chi connectivity index (χ4v) is 1.67. The third kappa shape index (κ3) is 5.49. The number of hydrogen-bond donors (Lipinski definition) is 2. The van der Waals surface area contributed by atoms with Gasteiger partial charge in [0, 0.05) is 23.7 Å². The van der Waals surface area contributed by atoms with E-state index in [1.807, 2.05) is 26.2 Å². The predicted octanol–water partition coefficient (Wildman–Crippen LogP) is 1.15. The molecule has 0 aliphatic heterocycles. The van der Waals surface area contributed by atoms with Crippen molar-refractivity contribution in [2.45, 2.75) is 32.9 Å². The zero-order chi connectivity index (χ0) is 11.3. The zero-order valence-corrected chi connectivity index (χ0v) is 10.1. The maximum atomic E-state index is 11.4. The van der Waals surface area contributed by atoms with Crippen molar-refractivity contribution in [3.63, 3.8) is 0 Å². The van der Waals surface area contributed by atoms with Gasteiger partial charge in [-0.3, -0.25) is 4.79 Å². The number of carbonyl (C=O) groups is 1. The molecular formula is C10H17N3OS. The maximum absolute atomic E-state index is 11.4. The Hall–Kier alpha value is -0.940. The first-order chi connectivity index (χ1) is 6.97. The standard InChI is InChI=1S/C10H17N3OS/c1-10(2,3)13-8(14)6-11-7-9-12-4-5-15-9/h4-5,11H,6-7H2,1-3H3,(H,13,14). The first kappa shape index (κ1) is 12.1. The average Bonchev–Trinajstić information content (AvgIpc) is 2.53. The van der Waals surface area contributed by atoms with E-state index in [0.717, 1.165) is 5.01 Å². The Morgan fingerprint density at radius 2 is 2.27 bits per heavy atom. The molecule has 0 aliphatic carbocycles. The van der Waals surface area contributed by atoms with Gasteiger partial charge in [0.15, 0.2) is 0 Å². The summed E-state index contributed by atoms with van der Waals surface area (Å²) in [6.45, 7) is 6.87. The minimum Gasteiger partial charge on any atom is -0.350 e. The molecule has 0 saturated carbocycles. The number of nitrogens with one attached hydrogen (secondary N) is 2. The topological polar surface area (TPSA) is 54.0 Å². The Balaban J connectivity index is 2.18. The van der Waals surface area contributed by atoms with Crippen molar-refractivity contribution in [2.75, 3.05) is 6.54 Å². The highest BCUT2D eigenvalue weighted by Gasteiger charge is 2.12. The first-order valence-electron chi connectivity index (χ1n) is 4.87. The van der Waals surface area contributed by atoms with Gasteiger partial charge < -0.3 is 10.6 Å². The van der Waals surface area contributed by atoms with Crippen molar-refractivity contribution in [2.24, 2.45) is 0 Å². The highest BCUT2D eigenvalue weighted by atomic mass is 32.1. The van der Waals surface area contributed by atoms with Gasteiger partial charge in [-0.15, -0.1) is 11.3 Å². The second-order valence-corrected chi connectivity index (χ2v) is 5.31. The smallest absolute Gasteiger partial charge is 0.234 e. The van der Waals surface area contributed by atoms with Gasteiger partial charge in [-0.1, -0.05) is 0 Å². The SMILES string of the molecule is CC(C)(C)NC(=O)CNCc1nccs1. The van der Waals surface area contributed by atoms with Crippen molar-refractivity contribution < 1.29 is 4.79 Å². The number of aromatic nitrogens is 1. The van der Waals surface area contributed by atoms with Gasteiger partial charge in [-0.2, -0.15) is 0 Å². The van der Waals surface area contributed by atoms with Gasteiger partial charge in [-0.05, 0) is 20.8 Å². The summed E-state index contributed by atoms with van der Waals surface area (Å²) in [5.41, 5.74) is -0.167. The largest absolute Gasteiger partial charge is 0.350 e. The monoisotopic (exact) mass is 227 g/mol. The van der Waals surface area contributed by atoms with Crippen molar-refractivity contribution in [3.05, 3.63) is 16.6 Å². The molecule has 5 heteroatoms. The molecule has 0 unspecified atom stereocenters. The van der Waals surface area contributed by atoms with Crippen LogP contribution >= 0.6 is 11.3 Å². The molecule has 1 heterocycles. The van der Waals surface area contributed by atoms with Crippen LogP contribution in [0.4, 0.5) is 0 Å². The van der Waals surface area contributed by atoms with E-state index in [0.29, 0.717) is 13.1 Å². The lowest BCUT2D eigenvalue weighted by atomic mass is 10.1. The summed E-state index contributed by atoms with van der Waals surface area (Å²) in [7, 11) is 0. The van der Waals surface area contributed by atoms with Gasteiger partial charge in [0.25, 0.3) is 0 Å². The van der Waals surface area contributed by atoms with E-state index in [1.54, 1.807) is 17.5 Å². The molecule has 0 saturated heterocycles. The highest BCUT2D eigenvalue weighted by molar-refractivity contribution is 7.09. The quantitative estimate of drug-likeness (QED) is 0.811. The van der Waals surface area contributed by atoms with E-state index >= 15 is 0 Å². The molecule has 0 atom stereocenters. The van der Waals surface area contributed by atoms with E-state index < -0.39 is 0 Å². The van der Waals surface area contributed by atoms with Crippen LogP contribution in [0.1, 0.15) is 25.8 Å². The van der Waals surface area contributed by atoms with Crippen LogP contribution in [-0.2, 0) is 11.3 Å². The summed E-state index contributed by atoms with van der Waals surface area (Å²) in [6.07, 6.45) is 1.76. The third-order valence-corrected chi connectivity index (χ3v) is 2.34. The van der Waals surface area contributed by atoms with Crippen molar-refractivity contribution in [3.8, 4) is 0 Å². The van der Waals surface area contributed by atoms with Crippen LogP contribution in [0.25, 0.3) is 0 Å². The van der Waals surface area contributed by atoms with Crippen LogP contribution in [0.5, 0.6) is 0 Å². The van der Waals surface area contributed by atoms with Gasteiger partial charge in [0.05, 0.1) is 6.54 Å². The van der Waals surface area contributed by atoms with Gasteiger partial charge in [-0.25, -0.2) is 4.98 Å². The van der Waals surface area contributed by atoms with E-state index in [9.17, 15) is 4.79 Å². The fraction of sp³-hybridized carbons (Fsp3) is 0.600. The van der Waals surface area contributed by atoms with Crippen molar-refractivity contribution in [1.29, 1.82) is 0 Å². The van der Waals surface area contributed by atoms with E-state index in [2.05, 4.69) is 15.6 Å². The Labute approximate surface area is 94.1 Å². The Bertz CT molecular complexity index is 303. The number of carbonyl (C=O) groups excluding carboxylic acids is 1. The van der Waals surface area contributed by atoms with Crippen LogP contribution < -0.4 is 10.6 Å². The van der Waals surface area contributed by atoms with Crippen LogP contribution in [0.15, 0.2) is 11.6 Å². The molecule has 1 aromatic heterocycles. The molecule has 0 radical (unpaired) electrons. The van der Waals surface area contributed by atoms with Gasteiger partial charge in [0.2, 0.25) is 5.91 Å². The number of rotatable bonds is 4. The molecule has 84 valence electrons. The molecule has 1 rings (SSSR count). The summed E-state index contributed by atoms with van der Waals surface area (Å²) in [6, 6.07) is 0. The van der Waals surface area contributed by atoms with Crippen LogP contribution in [0.2, 0.25) is 0 Å². The normalized spacial score (nSPS) is 11.4. The minimum atomic E-state index is -0.167. The molecule has 0 spiro atoms. The summed E-state index contributed by atoms with van der Waals surface area (Å²) in [4.78, 5) is 15.5. The molecule has 0 aliphatic rings. The summed E-state index contributed by atoms with van der Waals surface area (Å²) >= 11 is 1.58. The lowest BCUT2D eigenvalue weighted by Gasteiger charge is -2.20. The number of nitrogens with zero attached hydrogens (tertiary/aromatic N) is 1. The molecule has 2 N–H and O–H groups in total. The molecule has 0 aromatic carbocycles.